The van der Waals surface area contributed by atoms with Gasteiger partial charge in [-0.2, -0.15) is 0 Å². The lowest BCUT2D eigenvalue weighted by Crippen LogP contribution is -2.30. The maximum atomic E-state index is 12.8. The highest BCUT2D eigenvalue weighted by Gasteiger charge is 2.32. The number of carbonyl (C=O) groups is 2. The number of hydrogen-bond donors (Lipinski definition) is 0. The van der Waals surface area contributed by atoms with Crippen LogP contribution < -0.4 is 9.47 Å². The number of thiocarbonyl (C=S) groups is 1. The second kappa shape index (κ2) is 12.6. The van der Waals surface area contributed by atoms with Gasteiger partial charge < -0.3 is 14.2 Å². The zero-order chi connectivity index (χ0) is 24.5. The Bertz CT molecular complexity index is 1070. The number of benzene rings is 2. The van der Waals surface area contributed by atoms with Gasteiger partial charge in [-0.25, -0.2) is 0 Å². The molecule has 2 aromatic carbocycles. The molecule has 1 fully saturated rings. The van der Waals surface area contributed by atoms with Gasteiger partial charge in [-0.05, 0) is 49.6 Å². The summed E-state index contributed by atoms with van der Waals surface area (Å²) in [4.78, 5) is 26.6. The van der Waals surface area contributed by atoms with Crippen LogP contribution in [0.1, 0.15) is 43.4 Å². The standard InChI is InChI=1S/C26H29NO5S2/c1-4-14-31-24(28)12-13-27-25(29)23(34-26(27)33)16-20-10-11-21(22(15-20)30-5-2)32-17-19-8-6-18(3)7-9-19/h6-11,15-16H,4-5,12-14,17H2,1-3H3/b23-16-. The fourth-order valence-electron chi connectivity index (χ4n) is 3.18. The van der Waals surface area contributed by atoms with Gasteiger partial charge in [0.25, 0.3) is 5.91 Å². The molecule has 2 aromatic rings. The Hall–Kier alpha value is -2.84. The molecule has 0 atom stereocenters. The Balaban J connectivity index is 1.68. The van der Waals surface area contributed by atoms with Gasteiger partial charge in [0.2, 0.25) is 0 Å². The van der Waals surface area contributed by atoms with E-state index in [0.29, 0.717) is 40.5 Å². The molecule has 1 saturated heterocycles. The number of nitrogens with zero attached hydrogens (tertiary/aromatic N) is 1. The number of carbonyl (C=O) groups excluding carboxylic acids is 2. The molecule has 0 radical (unpaired) electrons. The second-order valence-corrected chi connectivity index (χ2v) is 9.39. The number of aryl methyl sites for hydroxylation is 1. The van der Waals surface area contributed by atoms with Crippen LogP contribution in [0.4, 0.5) is 0 Å². The lowest BCUT2D eigenvalue weighted by Gasteiger charge is -2.14. The lowest BCUT2D eigenvalue weighted by atomic mass is 10.1. The molecule has 0 saturated carbocycles. The highest BCUT2D eigenvalue weighted by molar-refractivity contribution is 8.26. The molecule has 1 aliphatic heterocycles. The number of ether oxygens (including phenoxy) is 3. The van der Waals surface area contributed by atoms with E-state index in [9.17, 15) is 9.59 Å². The van der Waals surface area contributed by atoms with Crippen molar-refractivity contribution < 1.29 is 23.8 Å². The molecule has 1 aliphatic rings. The number of thioether (sulfide) groups is 1. The van der Waals surface area contributed by atoms with Crippen LogP contribution in [0.15, 0.2) is 47.4 Å². The van der Waals surface area contributed by atoms with Crippen molar-refractivity contribution >= 4 is 46.3 Å². The van der Waals surface area contributed by atoms with Crippen LogP contribution in [-0.4, -0.2) is 40.9 Å². The van der Waals surface area contributed by atoms with Gasteiger partial charge in [-0.1, -0.05) is 66.8 Å². The van der Waals surface area contributed by atoms with E-state index < -0.39 is 0 Å². The number of hydrogen-bond acceptors (Lipinski definition) is 7. The van der Waals surface area contributed by atoms with E-state index in [1.807, 2.05) is 51.1 Å². The van der Waals surface area contributed by atoms with E-state index in [2.05, 4.69) is 12.1 Å². The van der Waals surface area contributed by atoms with Crippen LogP contribution in [0.5, 0.6) is 11.5 Å². The van der Waals surface area contributed by atoms with E-state index in [-0.39, 0.29) is 24.8 Å². The maximum absolute atomic E-state index is 12.8. The minimum Gasteiger partial charge on any atom is -0.490 e. The van der Waals surface area contributed by atoms with Crippen LogP contribution in [0.2, 0.25) is 0 Å². The van der Waals surface area contributed by atoms with Gasteiger partial charge in [0.1, 0.15) is 10.9 Å². The quantitative estimate of drug-likeness (QED) is 0.229. The zero-order valence-corrected chi connectivity index (χ0v) is 21.3. The van der Waals surface area contributed by atoms with Crippen LogP contribution in [0.25, 0.3) is 6.08 Å². The molecule has 6 nitrogen and oxygen atoms in total. The molecular formula is C26H29NO5S2. The SMILES string of the molecule is CCCOC(=O)CCN1C(=O)/C(=C/c2ccc(OCc3ccc(C)cc3)c(OCC)c2)SC1=S. The third-order valence-corrected chi connectivity index (χ3v) is 6.34. The summed E-state index contributed by atoms with van der Waals surface area (Å²) in [5.74, 6) is 0.702. The van der Waals surface area contributed by atoms with E-state index >= 15 is 0 Å². The summed E-state index contributed by atoms with van der Waals surface area (Å²) < 4.78 is 17.3. The first kappa shape index (κ1) is 25.8. The van der Waals surface area contributed by atoms with Gasteiger partial charge in [0.15, 0.2) is 11.5 Å². The van der Waals surface area contributed by atoms with Crippen molar-refractivity contribution in [1.82, 2.24) is 4.90 Å². The monoisotopic (exact) mass is 499 g/mol. The first-order valence-corrected chi connectivity index (χ1v) is 12.5. The van der Waals surface area contributed by atoms with E-state index in [0.717, 1.165) is 17.5 Å². The number of esters is 1. The average Bonchev–Trinajstić information content (AvgIpc) is 3.09. The number of rotatable bonds is 11. The maximum Gasteiger partial charge on any atom is 0.307 e. The van der Waals surface area contributed by atoms with Gasteiger partial charge in [-0.15, -0.1) is 0 Å². The van der Waals surface area contributed by atoms with Crippen LogP contribution in [0.3, 0.4) is 0 Å². The smallest absolute Gasteiger partial charge is 0.307 e. The molecule has 1 amide bonds. The third-order valence-electron chi connectivity index (χ3n) is 4.96. The third kappa shape index (κ3) is 7.08. The van der Waals surface area contributed by atoms with Crippen molar-refractivity contribution in [2.75, 3.05) is 19.8 Å². The predicted molar refractivity (Wildman–Crippen MR) is 139 cm³/mol. The largest absolute Gasteiger partial charge is 0.490 e. The molecule has 34 heavy (non-hydrogen) atoms. The van der Waals surface area contributed by atoms with Crippen molar-refractivity contribution in [1.29, 1.82) is 0 Å². The fourth-order valence-corrected chi connectivity index (χ4v) is 4.49. The molecular weight excluding hydrogens is 470 g/mol. The molecule has 0 unspecified atom stereocenters. The Labute approximate surface area is 210 Å². The van der Waals surface area contributed by atoms with Gasteiger partial charge in [0, 0.05) is 6.54 Å². The van der Waals surface area contributed by atoms with Crippen molar-refractivity contribution in [2.24, 2.45) is 0 Å². The van der Waals surface area contributed by atoms with Crippen molar-refractivity contribution in [2.45, 2.75) is 40.2 Å². The first-order valence-electron chi connectivity index (χ1n) is 11.3. The Kier molecular flexibility index (Phi) is 9.53. The van der Waals surface area contributed by atoms with Crippen LogP contribution in [-0.2, 0) is 20.9 Å². The summed E-state index contributed by atoms with van der Waals surface area (Å²) in [6.07, 6.45) is 2.65. The van der Waals surface area contributed by atoms with Crippen molar-refractivity contribution in [3.8, 4) is 11.5 Å². The molecule has 0 aliphatic carbocycles. The Morgan fingerprint density at radius 2 is 1.85 bits per heavy atom. The van der Waals surface area contributed by atoms with Crippen LogP contribution >= 0.6 is 24.0 Å². The summed E-state index contributed by atoms with van der Waals surface area (Å²) >= 11 is 6.58. The average molecular weight is 500 g/mol. The van der Waals surface area contributed by atoms with Crippen molar-refractivity contribution in [3.63, 3.8) is 0 Å². The highest BCUT2D eigenvalue weighted by atomic mass is 32.2. The zero-order valence-electron chi connectivity index (χ0n) is 19.7. The fraction of sp³-hybridized carbons (Fsp3) is 0.346. The summed E-state index contributed by atoms with van der Waals surface area (Å²) in [5.41, 5.74) is 3.07. The molecule has 180 valence electrons. The second-order valence-electron chi connectivity index (χ2n) is 7.72. The normalized spacial score (nSPS) is 14.6. The highest BCUT2D eigenvalue weighted by Crippen LogP contribution is 2.35. The van der Waals surface area contributed by atoms with E-state index in [1.54, 1.807) is 6.08 Å². The molecule has 8 heteroatoms. The molecule has 3 rings (SSSR count). The summed E-state index contributed by atoms with van der Waals surface area (Å²) in [6.45, 7) is 7.39. The van der Waals surface area contributed by atoms with Crippen LogP contribution in [0, 0.1) is 6.92 Å². The topological polar surface area (TPSA) is 65.1 Å². The predicted octanol–water partition coefficient (Wildman–Crippen LogP) is 5.52. The molecule has 1 heterocycles. The first-order chi connectivity index (χ1) is 16.4. The number of amides is 1. The van der Waals surface area contributed by atoms with Gasteiger partial charge >= 0.3 is 5.97 Å². The molecule has 0 spiro atoms. The summed E-state index contributed by atoms with van der Waals surface area (Å²) in [6, 6.07) is 13.7. The van der Waals surface area contributed by atoms with Gasteiger partial charge in [0.05, 0.1) is 24.5 Å². The Morgan fingerprint density at radius 3 is 2.56 bits per heavy atom. The Morgan fingerprint density at radius 1 is 1.09 bits per heavy atom. The minimum atomic E-state index is -0.331. The molecule has 0 bridgehead atoms. The summed E-state index contributed by atoms with van der Waals surface area (Å²) in [7, 11) is 0. The van der Waals surface area contributed by atoms with E-state index in [1.165, 1.54) is 22.2 Å². The van der Waals surface area contributed by atoms with E-state index in [4.69, 9.17) is 26.4 Å². The summed E-state index contributed by atoms with van der Waals surface area (Å²) in [5, 5.41) is 0. The lowest BCUT2D eigenvalue weighted by molar-refractivity contribution is -0.143. The molecule has 0 aromatic heterocycles. The molecule has 0 N–H and O–H groups in total. The van der Waals surface area contributed by atoms with Gasteiger partial charge in [-0.3, -0.25) is 14.5 Å². The van der Waals surface area contributed by atoms with Crippen molar-refractivity contribution in [3.05, 3.63) is 64.1 Å². The minimum absolute atomic E-state index is 0.112.